The van der Waals surface area contributed by atoms with Crippen LogP contribution >= 0.6 is 11.6 Å². The van der Waals surface area contributed by atoms with Gasteiger partial charge in [-0.3, -0.25) is 4.79 Å². The average molecular weight is 332 g/mol. The van der Waals surface area contributed by atoms with Gasteiger partial charge in [0.1, 0.15) is 12.2 Å². The minimum atomic E-state index is -1.18. The molecule has 0 aliphatic carbocycles. The molecule has 1 aliphatic heterocycles. The van der Waals surface area contributed by atoms with Crippen LogP contribution in [0.2, 0.25) is 5.02 Å². The van der Waals surface area contributed by atoms with Crippen LogP contribution in [0.25, 0.3) is 0 Å². The monoisotopic (exact) mass is 331 g/mol. The van der Waals surface area contributed by atoms with Crippen molar-refractivity contribution in [1.82, 2.24) is 4.90 Å². The standard InChI is InChI=1S/C18H18ClNO3/c1-20-15(16(21)12-5-3-2-4-6-12)14(17(22)18(20)23)11-7-9-13(19)10-8-11/h2-10,14-17,21-22H,1H3/t14-,15+,16+,17+/m0/s1. The summed E-state index contributed by atoms with van der Waals surface area (Å²) < 4.78 is 0. The Labute approximate surface area is 139 Å². The Morgan fingerprint density at radius 1 is 1.09 bits per heavy atom. The number of aliphatic hydroxyl groups is 2. The number of likely N-dealkylation sites (tertiary alicyclic amines) is 1. The number of benzene rings is 2. The lowest BCUT2D eigenvalue weighted by Crippen LogP contribution is -2.36. The van der Waals surface area contributed by atoms with Crippen molar-refractivity contribution in [1.29, 1.82) is 0 Å². The number of hydrogen-bond donors (Lipinski definition) is 2. The highest BCUT2D eigenvalue weighted by Crippen LogP contribution is 2.40. The molecule has 1 amide bonds. The van der Waals surface area contributed by atoms with E-state index >= 15 is 0 Å². The van der Waals surface area contributed by atoms with E-state index in [4.69, 9.17) is 11.6 Å². The summed E-state index contributed by atoms with van der Waals surface area (Å²) in [5, 5.41) is 21.7. The van der Waals surface area contributed by atoms with Gasteiger partial charge in [0.15, 0.2) is 0 Å². The summed E-state index contributed by atoms with van der Waals surface area (Å²) in [7, 11) is 1.61. The van der Waals surface area contributed by atoms with Gasteiger partial charge in [-0.25, -0.2) is 0 Å². The van der Waals surface area contributed by atoms with Crippen LogP contribution in [0.1, 0.15) is 23.1 Å². The third-order valence-electron chi connectivity index (χ3n) is 4.48. The number of rotatable bonds is 3. The molecule has 0 aromatic heterocycles. The zero-order chi connectivity index (χ0) is 16.6. The Morgan fingerprint density at radius 2 is 1.70 bits per heavy atom. The fourth-order valence-corrected chi connectivity index (χ4v) is 3.38. The first-order chi connectivity index (χ1) is 11.0. The van der Waals surface area contributed by atoms with E-state index in [9.17, 15) is 15.0 Å². The third kappa shape index (κ3) is 2.85. The molecule has 1 saturated heterocycles. The van der Waals surface area contributed by atoms with Crippen LogP contribution in [-0.4, -0.2) is 40.2 Å². The lowest BCUT2D eigenvalue weighted by Gasteiger charge is -2.30. The molecule has 1 aliphatic rings. The van der Waals surface area contributed by atoms with Crippen LogP contribution in [0.4, 0.5) is 0 Å². The molecule has 0 radical (unpaired) electrons. The van der Waals surface area contributed by atoms with Gasteiger partial charge in [0.05, 0.1) is 6.04 Å². The average Bonchev–Trinajstić information content (AvgIpc) is 2.80. The molecule has 0 spiro atoms. The molecule has 2 aromatic rings. The maximum Gasteiger partial charge on any atom is 0.252 e. The molecule has 1 heterocycles. The lowest BCUT2D eigenvalue weighted by molar-refractivity contribution is -0.135. The quantitative estimate of drug-likeness (QED) is 0.907. The van der Waals surface area contributed by atoms with Crippen molar-refractivity contribution in [3.63, 3.8) is 0 Å². The predicted octanol–water partition coefficient (Wildman–Crippen LogP) is 2.36. The molecule has 1 fully saturated rings. The van der Waals surface area contributed by atoms with Crippen molar-refractivity contribution in [3.8, 4) is 0 Å². The molecule has 0 unspecified atom stereocenters. The van der Waals surface area contributed by atoms with Crippen LogP contribution in [0.3, 0.4) is 0 Å². The van der Waals surface area contributed by atoms with E-state index in [1.54, 1.807) is 31.3 Å². The molecule has 0 bridgehead atoms. The van der Waals surface area contributed by atoms with Gasteiger partial charge in [-0.05, 0) is 23.3 Å². The SMILES string of the molecule is CN1C(=O)[C@H](O)[C@@H](c2ccc(Cl)cc2)[C@@H]1[C@H](O)c1ccccc1. The summed E-state index contributed by atoms with van der Waals surface area (Å²) in [5.41, 5.74) is 1.49. The first-order valence-electron chi connectivity index (χ1n) is 7.44. The minimum Gasteiger partial charge on any atom is -0.386 e. The van der Waals surface area contributed by atoms with E-state index < -0.39 is 24.2 Å². The molecule has 23 heavy (non-hydrogen) atoms. The maximum absolute atomic E-state index is 12.2. The number of aliphatic hydroxyl groups excluding tert-OH is 2. The molecule has 4 nitrogen and oxygen atoms in total. The van der Waals surface area contributed by atoms with Crippen molar-refractivity contribution in [2.45, 2.75) is 24.2 Å². The molecular formula is C18H18ClNO3. The zero-order valence-electron chi connectivity index (χ0n) is 12.6. The Balaban J connectivity index is 2.01. The molecule has 2 N–H and O–H groups in total. The molecule has 5 heteroatoms. The second-order valence-electron chi connectivity index (χ2n) is 5.82. The summed E-state index contributed by atoms with van der Waals surface area (Å²) in [6.45, 7) is 0. The van der Waals surface area contributed by atoms with Crippen LogP contribution in [0, 0.1) is 0 Å². The van der Waals surface area contributed by atoms with Crippen LogP contribution in [0.5, 0.6) is 0 Å². The van der Waals surface area contributed by atoms with Gasteiger partial charge >= 0.3 is 0 Å². The number of hydrogen-bond acceptors (Lipinski definition) is 3. The predicted molar refractivity (Wildman–Crippen MR) is 88.2 cm³/mol. The van der Waals surface area contributed by atoms with Crippen molar-refractivity contribution < 1.29 is 15.0 Å². The number of amides is 1. The van der Waals surface area contributed by atoms with Gasteiger partial charge in [-0.2, -0.15) is 0 Å². The van der Waals surface area contributed by atoms with Gasteiger partial charge in [-0.15, -0.1) is 0 Å². The topological polar surface area (TPSA) is 60.8 Å². The van der Waals surface area contributed by atoms with E-state index in [0.29, 0.717) is 10.6 Å². The number of likely N-dealkylation sites (N-methyl/N-ethyl adjacent to an activating group) is 1. The number of carbonyl (C=O) groups excluding carboxylic acids is 1. The number of nitrogens with zero attached hydrogens (tertiary/aromatic N) is 1. The van der Waals surface area contributed by atoms with E-state index in [1.807, 2.05) is 30.3 Å². The molecule has 0 saturated carbocycles. The Bertz CT molecular complexity index is 689. The minimum absolute atomic E-state index is 0.384. The van der Waals surface area contributed by atoms with Crippen molar-refractivity contribution in [2.24, 2.45) is 0 Å². The number of halogens is 1. The normalized spacial score (nSPS) is 25.7. The summed E-state index contributed by atoms with van der Waals surface area (Å²) in [6, 6.07) is 15.6. The zero-order valence-corrected chi connectivity index (χ0v) is 13.4. The largest absolute Gasteiger partial charge is 0.386 e. The molecule has 2 aromatic carbocycles. The Kier molecular flexibility index (Phi) is 4.39. The second-order valence-corrected chi connectivity index (χ2v) is 6.25. The maximum atomic E-state index is 12.2. The molecular weight excluding hydrogens is 314 g/mol. The van der Waals surface area contributed by atoms with Crippen molar-refractivity contribution in [3.05, 3.63) is 70.7 Å². The van der Waals surface area contributed by atoms with Crippen molar-refractivity contribution >= 4 is 17.5 Å². The summed E-state index contributed by atoms with van der Waals surface area (Å²) in [6.07, 6.45) is -2.06. The molecule has 4 atom stereocenters. The highest BCUT2D eigenvalue weighted by atomic mass is 35.5. The summed E-state index contributed by atoms with van der Waals surface area (Å²) >= 11 is 5.92. The lowest BCUT2D eigenvalue weighted by atomic mass is 9.85. The molecule has 3 rings (SSSR count). The van der Waals surface area contributed by atoms with Crippen LogP contribution < -0.4 is 0 Å². The first-order valence-corrected chi connectivity index (χ1v) is 7.81. The highest BCUT2D eigenvalue weighted by molar-refractivity contribution is 6.30. The van der Waals surface area contributed by atoms with Crippen molar-refractivity contribution in [2.75, 3.05) is 7.05 Å². The van der Waals surface area contributed by atoms with Gasteiger partial charge in [-0.1, -0.05) is 54.1 Å². The van der Waals surface area contributed by atoms with Gasteiger partial charge in [0.25, 0.3) is 5.91 Å². The van der Waals surface area contributed by atoms with Crippen LogP contribution in [-0.2, 0) is 4.79 Å². The van der Waals surface area contributed by atoms with Gasteiger partial charge in [0.2, 0.25) is 0 Å². The highest BCUT2D eigenvalue weighted by Gasteiger charge is 2.49. The first kappa shape index (κ1) is 16.0. The van der Waals surface area contributed by atoms with E-state index in [2.05, 4.69) is 0 Å². The number of carbonyl (C=O) groups is 1. The van der Waals surface area contributed by atoms with Crippen LogP contribution in [0.15, 0.2) is 54.6 Å². The fourth-order valence-electron chi connectivity index (χ4n) is 3.26. The fraction of sp³-hybridized carbons (Fsp3) is 0.278. The third-order valence-corrected chi connectivity index (χ3v) is 4.73. The van der Waals surface area contributed by atoms with E-state index in [0.717, 1.165) is 5.56 Å². The smallest absolute Gasteiger partial charge is 0.252 e. The summed E-state index contributed by atoms with van der Waals surface area (Å²) in [4.78, 5) is 13.7. The summed E-state index contributed by atoms with van der Waals surface area (Å²) in [5.74, 6) is -0.898. The van der Waals surface area contributed by atoms with E-state index in [1.165, 1.54) is 4.90 Å². The Hall–Kier alpha value is -1.88. The Morgan fingerprint density at radius 3 is 2.30 bits per heavy atom. The van der Waals surface area contributed by atoms with Gasteiger partial charge < -0.3 is 15.1 Å². The molecule has 120 valence electrons. The second kappa shape index (κ2) is 6.32. The van der Waals surface area contributed by atoms with Gasteiger partial charge in [0, 0.05) is 18.0 Å². The van der Waals surface area contributed by atoms with E-state index in [-0.39, 0.29) is 5.91 Å².